The Balaban J connectivity index is 0.000000127. The summed E-state index contributed by atoms with van der Waals surface area (Å²) in [6.45, 7) is 24.8. The molecule has 16 aromatic rings. The van der Waals surface area contributed by atoms with Crippen LogP contribution in [0.15, 0.2) is 237 Å². The zero-order chi connectivity index (χ0) is 92.8. The number of carbonyl (C=O) groups excluding carboxylic acids is 4. The number of ether oxygens (including phenoxy) is 4. The van der Waals surface area contributed by atoms with Gasteiger partial charge in [-0.3, -0.25) is 43.2 Å². The molecule has 4 fully saturated rings. The topological polar surface area (TPSA) is 305 Å². The molecule has 0 aliphatic carbocycles. The molecule has 4 amide bonds. The van der Waals surface area contributed by atoms with Crippen molar-refractivity contribution in [3.63, 3.8) is 0 Å². The Hall–Kier alpha value is -13.1. The van der Waals surface area contributed by atoms with Crippen LogP contribution in [-0.4, -0.2) is 192 Å². The molecule has 6 aromatic carbocycles. The fourth-order valence-corrected chi connectivity index (χ4v) is 19.9. The van der Waals surface area contributed by atoms with Gasteiger partial charge >= 0.3 is 6.18 Å². The maximum Gasteiger partial charge on any atom is 0.433 e. The molecular weight excluding hydrogens is 1820 g/mol. The Morgan fingerprint density at radius 3 is 1.16 bits per heavy atom. The van der Waals surface area contributed by atoms with Crippen molar-refractivity contribution in [2.24, 2.45) is 0 Å². The smallest absolute Gasteiger partial charge is 0.378 e. The molecule has 20 rings (SSSR count). The summed E-state index contributed by atoms with van der Waals surface area (Å²) in [6, 6.07) is 52.5. The van der Waals surface area contributed by atoms with E-state index in [-0.39, 0.29) is 69.1 Å². The molecule has 0 bridgehead atoms. The number of pyridine rings is 5. The fraction of sp³-hybridized carbons (Fsp3) is 0.250. The third-order valence-corrected chi connectivity index (χ3v) is 27.7. The number of carbonyl (C=O) groups is 4. The highest BCUT2D eigenvalue weighted by Crippen LogP contribution is 2.34. The number of morpholine rings is 4. The van der Waals surface area contributed by atoms with Crippen molar-refractivity contribution < 1.29 is 51.3 Å². The summed E-state index contributed by atoms with van der Waals surface area (Å²) in [4.78, 5) is 146. The van der Waals surface area contributed by atoms with Gasteiger partial charge < -0.3 is 43.9 Å². The Kier molecular flexibility index (Phi) is 29.1. The molecular formula is C96H89ClF3N15O13S5. The number of fused-ring (bicyclic) bond motifs is 5. The number of hydrogen-bond acceptors (Lipinski definition) is 24. The van der Waals surface area contributed by atoms with Gasteiger partial charge in [0.2, 0.25) is 0 Å². The average Bonchev–Trinajstić information content (AvgIpc) is 1.61. The second-order valence-corrected chi connectivity index (χ2v) is 36.7. The number of rotatable bonds is 12. The third-order valence-electron chi connectivity index (χ3n) is 22.1. The van der Waals surface area contributed by atoms with Crippen molar-refractivity contribution in [3.05, 3.63) is 326 Å². The van der Waals surface area contributed by atoms with Gasteiger partial charge in [0.25, 0.3) is 51.4 Å². The molecule has 4 aliphatic rings. The van der Waals surface area contributed by atoms with Gasteiger partial charge in [0.1, 0.15) is 29.8 Å². The number of aryl methyl sites for hydroxylation is 4. The van der Waals surface area contributed by atoms with Gasteiger partial charge in [-0.05, 0) is 261 Å². The SMILES string of the molecule is C.C=C(c1cccc(-n2sc3ncccc3c2=O)c1)N1CCOCC1.Cc1ccc(-n2sc3nc(C(F)(F)F)ccc3c2=O)cc1C(=O)N1CCOCC1.Cc1ccc(-n2sc3ncccc3c2=O)cc1C(=O)N1CCOC(C)(C)C1.Cc1ccc(-n2sc3ncccc3c2=O)cc1C(=O)N1CCOCC1.Cc1ccc(NC(=O)c2cc(-n3sc4ncccc4c3=O)ccc2Cl)cc1. The van der Waals surface area contributed by atoms with Crippen LogP contribution in [0.5, 0.6) is 0 Å². The molecule has 0 unspecified atom stereocenters. The van der Waals surface area contributed by atoms with Gasteiger partial charge in [-0.2, -0.15) is 13.2 Å². The number of anilines is 1. The van der Waals surface area contributed by atoms with E-state index in [4.69, 9.17) is 30.5 Å². The Bertz CT molecular complexity index is 7420. The van der Waals surface area contributed by atoms with Crippen LogP contribution >= 0.6 is 69.3 Å². The van der Waals surface area contributed by atoms with E-state index in [9.17, 15) is 56.3 Å². The predicted molar refractivity (Wildman–Crippen MR) is 517 cm³/mol. The van der Waals surface area contributed by atoms with E-state index in [0.717, 1.165) is 94.0 Å². The van der Waals surface area contributed by atoms with Crippen molar-refractivity contribution in [2.75, 3.05) is 104 Å². The minimum absolute atomic E-state index is 0. The van der Waals surface area contributed by atoms with Crippen LogP contribution in [0.3, 0.4) is 0 Å². The van der Waals surface area contributed by atoms with Crippen molar-refractivity contribution in [1.29, 1.82) is 0 Å². The Morgan fingerprint density at radius 1 is 0.414 bits per heavy atom. The number of nitrogens with zero attached hydrogens (tertiary/aromatic N) is 14. The van der Waals surface area contributed by atoms with Crippen molar-refractivity contribution in [1.82, 2.24) is 64.3 Å². The number of aromatic nitrogens is 10. The first-order valence-corrected chi connectivity index (χ1v) is 46.1. The summed E-state index contributed by atoms with van der Waals surface area (Å²) in [6.07, 6.45) is 2.11. The average molecular weight is 1910 g/mol. The molecule has 684 valence electrons. The lowest BCUT2D eigenvalue weighted by atomic mass is 10.0. The van der Waals surface area contributed by atoms with Crippen LogP contribution in [0.25, 0.3) is 85.2 Å². The standard InChI is InChI=1S/C20H14ClN3O2S.C20H21N3O3S.C19H16F3N3O3S.C18H17N3O3S.C18H17N3O2S.CH4/c1-12-4-6-13(7-5-12)23-18(25)16-11-14(8-9-17(16)21)24-20(26)15-3-2-10-22-19(15)27-24;1-13-6-7-14(23-19(25)15-5-4-8-21-17(15)27-23)11-16(13)18(24)22-9-10-26-20(2,3)12-22;1-11-2-3-12(10-14(11)17(26)24-6-8-28-9-7-24)25-18(27)13-4-5-15(19(20,21)22)23-16(13)29-25;1-12-4-5-13(11-15(12)17(22)20-7-9-24-10-8-20)21-18(23)14-3-2-6-19-16(14)25-21;1-13(20-8-10-23-11-9-20)14-4-2-5-15(12-14)21-18(22)16-6-3-7-19-17(16)24-21;/h2-11H,1H3,(H,23,25);4-8,11H,9-10,12H2,1-3H3;2-5,10H,6-9H2,1H3;2-6,11H,7-10H2,1H3;2-7,12H,1,8-11H2;1H4. The number of halogens is 4. The first-order chi connectivity index (χ1) is 63.5. The number of nitrogens with one attached hydrogen (secondary N) is 1. The van der Waals surface area contributed by atoms with E-state index in [1.807, 2.05) is 118 Å². The molecule has 1 N–H and O–H groups in total. The summed E-state index contributed by atoms with van der Waals surface area (Å²) >= 11 is 12.2. The quantitative estimate of drug-likeness (QED) is 0.119. The van der Waals surface area contributed by atoms with E-state index < -0.39 is 17.4 Å². The fourth-order valence-electron chi connectivity index (χ4n) is 15.0. The Morgan fingerprint density at radius 2 is 0.767 bits per heavy atom. The van der Waals surface area contributed by atoms with Crippen molar-refractivity contribution in [3.8, 4) is 28.4 Å². The predicted octanol–water partition coefficient (Wildman–Crippen LogP) is 16.5. The number of hydrogen-bond donors (Lipinski definition) is 1. The molecule has 133 heavy (non-hydrogen) atoms. The summed E-state index contributed by atoms with van der Waals surface area (Å²) in [7, 11) is 0. The van der Waals surface area contributed by atoms with Crippen LogP contribution in [-0.2, 0) is 25.1 Å². The molecule has 4 saturated heterocycles. The maximum atomic E-state index is 13.1. The molecule has 0 spiro atoms. The minimum Gasteiger partial charge on any atom is -0.378 e. The van der Waals surface area contributed by atoms with Gasteiger partial charge in [-0.1, -0.05) is 73.6 Å². The maximum absolute atomic E-state index is 13.1. The molecule has 37 heteroatoms. The van der Waals surface area contributed by atoms with Crippen molar-refractivity contribution >= 4 is 155 Å². The van der Waals surface area contributed by atoms with E-state index >= 15 is 0 Å². The minimum atomic E-state index is -4.59. The Labute approximate surface area is 784 Å². The number of benzene rings is 6. The largest absolute Gasteiger partial charge is 0.433 e. The molecule has 0 saturated carbocycles. The molecule has 0 radical (unpaired) electrons. The van der Waals surface area contributed by atoms with Crippen LogP contribution in [0.2, 0.25) is 5.02 Å². The highest BCUT2D eigenvalue weighted by Gasteiger charge is 2.35. The van der Waals surface area contributed by atoms with E-state index in [2.05, 4.69) is 41.7 Å². The number of alkyl halides is 3. The van der Waals surface area contributed by atoms with Gasteiger partial charge in [0.15, 0.2) is 0 Å². The summed E-state index contributed by atoms with van der Waals surface area (Å²) in [5.74, 6) is -0.551. The van der Waals surface area contributed by atoms with Gasteiger partial charge in [0.05, 0.1) is 118 Å². The number of amides is 4. The highest BCUT2D eigenvalue weighted by atomic mass is 35.5. The molecule has 10 aromatic heterocycles. The third kappa shape index (κ3) is 21.0. The zero-order valence-corrected chi connectivity index (χ0v) is 76.9. The molecule has 0 atom stereocenters. The normalized spacial score (nSPS) is 14.4. The van der Waals surface area contributed by atoms with E-state index in [1.54, 1.807) is 144 Å². The second kappa shape index (κ2) is 40.9. The van der Waals surface area contributed by atoms with E-state index in [0.29, 0.717) is 164 Å². The van der Waals surface area contributed by atoms with Crippen LogP contribution in [0, 0.1) is 27.7 Å². The molecule has 4 aliphatic heterocycles. The second-order valence-electron chi connectivity index (χ2n) is 31.6. The van der Waals surface area contributed by atoms with Gasteiger partial charge in [-0.15, -0.1) is 0 Å². The summed E-state index contributed by atoms with van der Waals surface area (Å²) in [5.41, 5.74) is 9.17. The van der Waals surface area contributed by atoms with Gasteiger partial charge in [-0.25, -0.2) is 44.7 Å². The zero-order valence-electron chi connectivity index (χ0n) is 72.1. The van der Waals surface area contributed by atoms with E-state index in [1.165, 1.54) is 54.0 Å². The lowest BCUT2D eigenvalue weighted by Crippen LogP contribution is -2.50. The van der Waals surface area contributed by atoms with Crippen LogP contribution in [0.1, 0.15) is 96.2 Å². The lowest BCUT2D eigenvalue weighted by Gasteiger charge is -2.38. The summed E-state index contributed by atoms with van der Waals surface area (Å²) in [5, 5.41) is 5.62. The monoisotopic (exact) mass is 1910 g/mol. The van der Waals surface area contributed by atoms with Crippen LogP contribution in [0.4, 0.5) is 18.9 Å². The molecule has 14 heterocycles. The van der Waals surface area contributed by atoms with Gasteiger partial charge in [0, 0.05) is 105 Å². The summed E-state index contributed by atoms with van der Waals surface area (Å²) < 4.78 is 68.1. The lowest BCUT2D eigenvalue weighted by molar-refractivity contribution is -0.140. The van der Waals surface area contributed by atoms with Crippen LogP contribution < -0.4 is 33.1 Å². The first kappa shape index (κ1) is 94.5. The van der Waals surface area contributed by atoms with Crippen molar-refractivity contribution in [2.45, 2.75) is 60.7 Å². The first-order valence-electron chi connectivity index (χ1n) is 41.8. The molecule has 28 nitrogen and oxygen atoms in total. The highest BCUT2D eigenvalue weighted by molar-refractivity contribution is 7.15.